The first-order chi connectivity index (χ1) is 4.00. The summed E-state index contributed by atoms with van der Waals surface area (Å²) < 4.78 is 4.65. The van der Waals surface area contributed by atoms with Gasteiger partial charge in [-0.2, -0.15) is 0 Å². The van der Waals surface area contributed by atoms with E-state index >= 15 is 0 Å². The topological polar surface area (TPSA) is 30.8 Å². The highest BCUT2D eigenvalue weighted by molar-refractivity contribution is 5.45. The maximum Gasteiger partial charge on any atom is 0.212 e. The Bertz CT molecular complexity index is 55.4. The van der Waals surface area contributed by atoms with E-state index in [4.69, 9.17) is 0 Å². The van der Waals surface area contributed by atoms with Crippen molar-refractivity contribution in [1.29, 1.82) is 0 Å². The third-order valence-corrected chi connectivity index (χ3v) is 0.485. The Kier molecular flexibility index (Phi) is 5.70. The molecule has 3 nitrogen and oxygen atoms in total. The van der Waals surface area contributed by atoms with Crippen molar-refractivity contribution in [1.82, 2.24) is 0 Å². The summed E-state index contributed by atoms with van der Waals surface area (Å²) in [6.07, 6.45) is 1.30. The van der Waals surface area contributed by atoms with Gasteiger partial charge < -0.3 is 9.57 Å². The molecule has 0 amide bonds. The molecule has 0 aliphatic carbocycles. The van der Waals surface area contributed by atoms with Crippen LogP contribution in [0.4, 0.5) is 0 Å². The van der Waals surface area contributed by atoms with Crippen molar-refractivity contribution < 1.29 is 9.57 Å². The van der Waals surface area contributed by atoms with Crippen molar-refractivity contribution >= 4 is 6.40 Å². The molecular formula is C5H11NO2. The molecule has 0 spiro atoms. The SMILES string of the molecule is C1=NOCCO1.CC. The number of rotatable bonds is 0. The maximum atomic E-state index is 4.65. The third-order valence-electron chi connectivity index (χ3n) is 0.485. The summed E-state index contributed by atoms with van der Waals surface area (Å²) in [4.78, 5) is 4.51. The van der Waals surface area contributed by atoms with Crippen molar-refractivity contribution in [3.8, 4) is 0 Å². The highest BCUT2D eigenvalue weighted by Crippen LogP contribution is 1.81. The smallest absolute Gasteiger partial charge is 0.212 e. The normalized spacial score (nSPS) is 14.8. The Morgan fingerprint density at radius 2 is 2.12 bits per heavy atom. The summed E-state index contributed by atoms with van der Waals surface area (Å²) in [7, 11) is 0. The van der Waals surface area contributed by atoms with Crippen molar-refractivity contribution in [3.05, 3.63) is 0 Å². The predicted octanol–water partition coefficient (Wildman–Crippen LogP) is 1.00. The Morgan fingerprint density at radius 3 is 2.25 bits per heavy atom. The zero-order chi connectivity index (χ0) is 6.24. The fourth-order valence-electron chi connectivity index (χ4n) is 0.252. The average Bonchev–Trinajstić information content (AvgIpc) is 1.96. The van der Waals surface area contributed by atoms with Crippen LogP contribution in [0.15, 0.2) is 5.16 Å². The standard InChI is InChI=1S/C3H5NO2.C2H6/c1-2-6-4-3-5-1;1-2/h3H,1-2H2;1-2H3. The first-order valence-corrected chi connectivity index (χ1v) is 2.75. The van der Waals surface area contributed by atoms with Crippen LogP contribution in [0.3, 0.4) is 0 Å². The summed E-state index contributed by atoms with van der Waals surface area (Å²) >= 11 is 0. The molecular weight excluding hydrogens is 106 g/mol. The molecule has 48 valence electrons. The Balaban J connectivity index is 0.000000222. The second-order valence-electron chi connectivity index (χ2n) is 0.915. The maximum absolute atomic E-state index is 4.65. The second-order valence-corrected chi connectivity index (χ2v) is 0.915. The van der Waals surface area contributed by atoms with Gasteiger partial charge in [-0.05, 0) is 0 Å². The van der Waals surface area contributed by atoms with E-state index in [0.29, 0.717) is 13.2 Å². The van der Waals surface area contributed by atoms with Crippen molar-refractivity contribution in [2.24, 2.45) is 5.16 Å². The van der Waals surface area contributed by atoms with Gasteiger partial charge in [0.1, 0.15) is 6.61 Å². The number of ether oxygens (including phenoxy) is 1. The molecule has 1 heterocycles. The van der Waals surface area contributed by atoms with E-state index in [0.717, 1.165) is 0 Å². The van der Waals surface area contributed by atoms with Gasteiger partial charge in [0, 0.05) is 0 Å². The molecule has 1 aliphatic rings. The lowest BCUT2D eigenvalue weighted by Crippen LogP contribution is -2.04. The van der Waals surface area contributed by atoms with Crippen LogP contribution in [-0.2, 0) is 9.57 Å². The van der Waals surface area contributed by atoms with Crippen LogP contribution in [0.25, 0.3) is 0 Å². The fourth-order valence-corrected chi connectivity index (χ4v) is 0.252. The number of nitrogens with zero attached hydrogens (tertiary/aromatic N) is 1. The molecule has 0 aromatic carbocycles. The van der Waals surface area contributed by atoms with Gasteiger partial charge in [0.05, 0.1) is 0 Å². The van der Waals surface area contributed by atoms with E-state index < -0.39 is 0 Å². The molecule has 8 heavy (non-hydrogen) atoms. The average molecular weight is 117 g/mol. The minimum atomic E-state index is 0.580. The van der Waals surface area contributed by atoms with Crippen LogP contribution in [0.5, 0.6) is 0 Å². The number of oxime groups is 1. The van der Waals surface area contributed by atoms with Gasteiger partial charge in [0.15, 0.2) is 6.61 Å². The van der Waals surface area contributed by atoms with Crippen LogP contribution in [0, 0.1) is 0 Å². The molecule has 0 bridgehead atoms. The molecule has 0 aromatic heterocycles. The molecule has 3 heteroatoms. The molecule has 1 aliphatic heterocycles. The zero-order valence-corrected chi connectivity index (χ0v) is 5.26. The largest absolute Gasteiger partial charge is 0.477 e. The Labute approximate surface area is 49.3 Å². The first-order valence-electron chi connectivity index (χ1n) is 2.75. The number of hydrogen-bond acceptors (Lipinski definition) is 3. The predicted molar refractivity (Wildman–Crippen MR) is 31.7 cm³/mol. The van der Waals surface area contributed by atoms with E-state index in [1.165, 1.54) is 6.40 Å². The zero-order valence-electron chi connectivity index (χ0n) is 5.26. The van der Waals surface area contributed by atoms with Gasteiger partial charge in [0.2, 0.25) is 6.40 Å². The van der Waals surface area contributed by atoms with E-state index in [2.05, 4.69) is 14.7 Å². The van der Waals surface area contributed by atoms with Crippen LogP contribution in [-0.4, -0.2) is 19.6 Å². The molecule has 0 unspecified atom stereocenters. The van der Waals surface area contributed by atoms with Crippen LogP contribution >= 0.6 is 0 Å². The quantitative estimate of drug-likeness (QED) is 0.474. The molecule has 0 aromatic rings. The number of hydrogen-bond donors (Lipinski definition) is 0. The van der Waals surface area contributed by atoms with Gasteiger partial charge in [0.25, 0.3) is 0 Å². The molecule has 0 saturated heterocycles. The van der Waals surface area contributed by atoms with Gasteiger partial charge in [-0.1, -0.05) is 19.0 Å². The third kappa shape index (κ3) is 3.46. The Morgan fingerprint density at radius 1 is 1.38 bits per heavy atom. The summed E-state index contributed by atoms with van der Waals surface area (Å²) in [6, 6.07) is 0. The highest BCUT2D eigenvalue weighted by atomic mass is 16.7. The van der Waals surface area contributed by atoms with Crippen LogP contribution < -0.4 is 0 Å². The molecule has 0 fully saturated rings. The lowest BCUT2D eigenvalue weighted by molar-refractivity contribution is 0.0719. The molecule has 0 radical (unpaired) electrons. The lowest BCUT2D eigenvalue weighted by Gasteiger charge is -2.02. The van der Waals surface area contributed by atoms with Crippen LogP contribution in [0.2, 0.25) is 0 Å². The summed E-state index contributed by atoms with van der Waals surface area (Å²) in [5.41, 5.74) is 0. The fraction of sp³-hybridized carbons (Fsp3) is 0.800. The Hall–Kier alpha value is -0.730. The summed E-state index contributed by atoms with van der Waals surface area (Å²) in [5, 5.41) is 3.33. The minimum absolute atomic E-state index is 0.580. The van der Waals surface area contributed by atoms with Crippen LogP contribution in [0.1, 0.15) is 13.8 Å². The van der Waals surface area contributed by atoms with Gasteiger partial charge in [-0.15, -0.1) is 0 Å². The lowest BCUT2D eigenvalue weighted by atomic mass is 10.8. The van der Waals surface area contributed by atoms with E-state index in [1.807, 2.05) is 13.8 Å². The highest BCUT2D eigenvalue weighted by Gasteiger charge is 1.87. The monoisotopic (exact) mass is 117 g/mol. The van der Waals surface area contributed by atoms with Gasteiger partial charge >= 0.3 is 0 Å². The van der Waals surface area contributed by atoms with Crippen molar-refractivity contribution in [3.63, 3.8) is 0 Å². The van der Waals surface area contributed by atoms with E-state index in [-0.39, 0.29) is 0 Å². The minimum Gasteiger partial charge on any atom is -0.477 e. The van der Waals surface area contributed by atoms with E-state index in [1.54, 1.807) is 0 Å². The molecule has 0 atom stereocenters. The van der Waals surface area contributed by atoms with Gasteiger partial charge in [-0.3, -0.25) is 0 Å². The first kappa shape index (κ1) is 7.27. The summed E-state index contributed by atoms with van der Waals surface area (Å²) in [6.45, 7) is 5.21. The molecule has 0 N–H and O–H groups in total. The molecule has 1 rings (SSSR count). The van der Waals surface area contributed by atoms with E-state index in [9.17, 15) is 0 Å². The van der Waals surface area contributed by atoms with Gasteiger partial charge in [-0.25, -0.2) is 0 Å². The van der Waals surface area contributed by atoms with Crippen molar-refractivity contribution in [2.75, 3.05) is 13.2 Å². The second kappa shape index (κ2) is 6.27. The van der Waals surface area contributed by atoms with Crippen molar-refractivity contribution in [2.45, 2.75) is 13.8 Å². The molecule has 0 saturated carbocycles. The summed E-state index contributed by atoms with van der Waals surface area (Å²) in [5.74, 6) is 0.